The molecule has 0 spiro atoms. The van der Waals surface area contributed by atoms with Crippen LogP contribution in [0.5, 0.6) is 11.5 Å². The van der Waals surface area contributed by atoms with Gasteiger partial charge in [-0.1, -0.05) is 11.6 Å². The van der Waals surface area contributed by atoms with E-state index >= 15 is 0 Å². The zero-order valence-corrected chi connectivity index (χ0v) is 12.4. The van der Waals surface area contributed by atoms with E-state index in [0.717, 1.165) is 27.6 Å². The molecule has 0 aromatic heterocycles. The fourth-order valence-electron chi connectivity index (χ4n) is 1.88. The third kappa shape index (κ3) is 3.58. The number of aryl methyl sites for hydroxylation is 1. The lowest BCUT2D eigenvalue weighted by atomic mass is 10.2. The summed E-state index contributed by atoms with van der Waals surface area (Å²) in [5.74, 6) is 1.57. The topological polar surface area (TPSA) is 44.5 Å². The molecule has 106 valence electrons. The van der Waals surface area contributed by atoms with E-state index in [-0.39, 0.29) is 0 Å². The zero-order chi connectivity index (χ0) is 14.5. The van der Waals surface area contributed by atoms with Crippen LogP contribution in [0.15, 0.2) is 36.4 Å². The summed E-state index contributed by atoms with van der Waals surface area (Å²) in [6.07, 6.45) is 0. The lowest BCUT2D eigenvalue weighted by Gasteiger charge is -2.12. The molecule has 4 heteroatoms. The first-order valence-corrected chi connectivity index (χ1v) is 6.88. The maximum atomic E-state index is 5.99. The summed E-state index contributed by atoms with van der Waals surface area (Å²) in [6, 6.07) is 11.1. The molecule has 0 aliphatic heterocycles. The summed E-state index contributed by atoms with van der Waals surface area (Å²) >= 11 is 5.99. The Morgan fingerprint density at radius 2 is 1.90 bits per heavy atom. The second-order valence-electron chi connectivity index (χ2n) is 4.50. The SMILES string of the molecule is CCOc1ccc(N)cc1COc1ccc(Cl)c(C)c1. The molecule has 2 aromatic carbocycles. The highest BCUT2D eigenvalue weighted by molar-refractivity contribution is 6.31. The minimum atomic E-state index is 0.404. The molecule has 0 aliphatic carbocycles. The van der Waals surface area contributed by atoms with Crippen LogP contribution in [0.25, 0.3) is 0 Å². The lowest BCUT2D eigenvalue weighted by Crippen LogP contribution is -2.02. The number of benzene rings is 2. The first-order chi connectivity index (χ1) is 9.60. The standard InChI is InChI=1S/C16H18ClNO2/c1-3-19-16-7-4-13(18)9-12(16)10-20-14-5-6-15(17)11(2)8-14/h4-9H,3,10,18H2,1-2H3. The average Bonchev–Trinajstić information content (AvgIpc) is 2.43. The van der Waals surface area contributed by atoms with Gasteiger partial charge in [0, 0.05) is 16.3 Å². The lowest BCUT2D eigenvalue weighted by molar-refractivity contribution is 0.286. The molecule has 0 heterocycles. The Hall–Kier alpha value is -1.87. The second kappa shape index (κ2) is 6.53. The summed E-state index contributed by atoms with van der Waals surface area (Å²) in [4.78, 5) is 0. The molecule has 0 saturated heterocycles. The minimum Gasteiger partial charge on any atom is -0.493 e. The van der Waals surface area contributed by atoms with Gasteiger partial charge in [-0.05, 0) is 55.8 Å². The first-order valence-electron chi connectivity index (χ1n) is 6.50. The van der Waals surface area contributed by atoms with Crippen LogP contribution in [0.1, 0.15) is 18.1 Å². The summed E-state index contributed by atoms with van der Waals surface area (Å²) in [7, 11) is 0. The molecule has 0 aliphatic rings. The number of nitrogen functional groups attached to an aromatic ring is 1. The third-order valence-corrected chi connectivity index (χ3v) is 3.33. The highest BCUT2D eigenvalue weighted by Gasteiger charge is 2.06. The van der Waals surface area contributed by atoms with Gasteiger partial charge in [0.25, 0.3) is 0 Å². The van der Waals surface area contributed by atoms with E-state index in [4.69, 9.17) is 26.8 Å². The van der Waals surface area contributed by atoms with Crippen molar-refractivity contribution in [3.63, 3.8) is 0 Å². The van der Waals surface area contributed by atoms with E-state index in [9.17, 15) is 0 Å². The van der Waals surface area contributed by atoms with Crippen LogP contribution in [0.4, 0.5) is 5.69 Å². The Morgan fingerprint density at radius 1 is 1.10 bits per heavy atom. The number of hydrogen-bond donors (Lipinski definition) is 1. The molecule has 0 unspecified atom stereocenters. The van der Waals surface area contributed by atoms with Crippen molar-refractivity contribution in [2.45, 2.75) is 20.5 Å². The smallest absolute Gasteiger partial charge is 0.126 e. The van der Waals surface area contributed by atoms with Gasteiger partial charge in [-0.3, -0.25) is 0 Å². The Morgan fingerprint density at radius 3 is 2.60 bits per heavy atom. The highest BCUT2D eigenvalue weighted by atomic mass is 35.5. The van der Waals surface area contributed by atoms with Crippen molar-refractivity contribution in [1.29, 1.82) is 0 Å². The van der Waals surface area contributed by atoms with Crippen molar-refractivity contribution in [1.82, 2.24) is 0 Å². The van der Waals surface area contributed by atoms with Gasteiger partial charge in [0.1, 0.15) is 18.1 Å². The quantitative estimate of drug-likeness (QED) is 0.839. The van der Waals surface area contributed by atoms with Gasteiger partial charge in [0.05, 0.1) is 6.61 Å². The number of halogens is 1. The first kappa shape index (κ1) is 14.5. The van der Waals surface area contributed by atoms with Crippen LogP contribution in [-0.4, -0.2) is 6.61 Å². The van der Waals surface area contributed by atoms with Crippen molar-refractivity contribution in [3.05, 3.63) is 52.5 Å². The highest BCUT2D eigenvalue weighted by Crippen LogP contribution is 2.25. The molecule has 3 nitrogen and oxygen atoms in total. The monoisotopic (exact) mass is 291 g/mol. The fraction of sp³-hybridized carbons (Fsp3) is 0.250. The van der Waals surface area contributed by atoms with Gasteiger partial charge in [0.2, 0.25) is 0 Å². The summed E-state index contributed by atoms with van der Waals surface area (Å²) in [5, 5.41) is 0.733. The molecular weight excluding hydrogens is 274 g/mol. The van der Waals surface area contributed by atoms with E-state index in [1.165, 1.54) is 0 Å². The molecule has 0 fully saturated rings. The van der Waals surface area contributed by atoms with Crippen molar-refractivity contribution in [3.8, 4) is 11.5 Å². The van der Waals surface area contributed by atoms with E-state index in [1.807, 2.05) is 50.2 Å². The summed E-state index contributed by atoms with van der Waals surface area (Å²) < 4.78 is 11.3. The minimum absolute atomic E-state index is 0.404. The average molecular weight is 292 g/mol. The van der Waals surface area contributed by atoms with Gasteiger partial charge in [-0.2, -0.15) is 0 Å². The molecule has 2 rings (SSSR count). The Labute approximate surface area is 124 Å². The zero-order valence-electron chi connectivity index (χ0n) is 11.7. The number of nitrogens with two attached hydrogens (primary N) is 1. The van der Waals surface area contributed by atoms with Crippen molar-refractivity contribution in [2.24, 2.45) is 0 Å². The van der Waals surface area contributed by atoms with E-state index < -0.39 is 0 Å². The molecule has 0 saturated carbocycles. The summed E-state index contributed by atoms with van der Waals surface area (Å²) in [5.41, 5.74) is 8.42. The maximum absolute atomic E-state index is 5.99. The Kier molecular flexibility index (Phi) is 4.74. The molecular formula is C16H18ClNO2. The molecule has 0 atom stereocenters. The van der Waals surface area contributed by atoms with Gasteiger partial charge in [-0.15, -0.1) is 0 Å². The molecule has 2 aromatic rings. The predicted molar refractivity (Wildman–Crippen MR) is 82.5 cm³/mol. The van der Waals surface area contributed by atoms with E-state index in [0.29, 0.717) is 18.9 Å². The van der Waals surface area contributed by atoms with E-state index in [2.05, 4.69) is 0 Å². The van der Waals surface area contributed by atoms with Gasteiger partial charge < -0.3 is 15.2 Å². The fourth-order valence-corrected chi connectivity index (χ4v) is 1.99. The molecule has 0 bridgehead atoms. The largest absolute Gasteiger partial charge is 0.493 e. The van der Waals surface area contributed by atoms with E-state index in [1.54, 1.807) is 0 Å². The number of anilines is 1. The van der Waals surface area contributed by atoms with Crippen LogP contribution in [0.2, 0.25) is 5.02 Å². The van der Waals surface area contributed by atoms with Gasteiger partial charge in [0.15, 0.2) is 0 Å². The van der Waals surface area contributed by atoms with Gasteiger partial charge >= 0.3 is 0 Å². The molecule has 2 N–H and O–H groups in total. The van der Waals surface area contributed by atoms with Crippen LogP contribution >= 0.6 is 11.6 Å². The molecule has 0 amide bonds. The second-order valence-corrected chi connectivity index (χ2v) is 4.91. The van der Waals surface area contributed by atoms with Crippen LogP contribution in [0.3, 0.4) is 0 Å². The van der Waals surface area contributed by atoms with Gasteiger partial charge in [-0.25, -0.2) is 0 Å². The third-order valence-electron chi connectivity index (χ3n) is 2.91. The number of hydrogen-bond acceptors (Lipinski definition) is 3. The van der Waals surface area contributed by atoms with Crippen LogP contribution in [0, 0.1) is 6.92 Å². The maximum Gasteiger partial charge on any atom is 0.126 e. The van der Waals surface area contributed by atoms with Crippen molar-refractivity contribution < 1.29 is 9.47 Å². The normalized spacial score (nSPS) is 10.3. The number of rotatable bonds is 5. The van der Waals surface area contributed by atoms with Crippen LogP contribution in [-0.2, 0) is 6.61 Å². The predicted octanol–water partition coefficient (Wildman–Crippen LogP) is 4.21. The Balaban J connectivity index is 2.13. The van der Waals surface area contributed by atoms with Crippen LogP contribution < -0.4 is 15.2 Å². The Bertz CT molecular complexity index is 599. The number of ether oxygens (including phenoxy) is 2. The molecule has 20 heavy (non-hydrogen) atoms. The van der Waals surface area contributed by atoms with Crippen molar-refractivity contribution in [2.75, 3.05) is 12.3 Å². The summed E-state index contributed by atoms with van der Waals surface area (Å²) in [6.45, 7) is 4.91. The molecule has 0 radical (unpaired) electrons. The van der Waals surface area contributed by atoms with Crippen molar-refractivity contribution >= 4 is 17.3 Å².